The van der Waals surface area contributed by atoms with E-state index in [4.69, 9.17) is 4.74 Å². The second-order valence-electron chi connectivity index (χ2n) is 5.31. The van der Waals surface area contributed by atoms with E-state index >= 15 is 0 Å². The third-order valence-corrected chi connectivity index (χ3v) is 4.64. The number of ether oxygens (including phenoxy) is 1. The summed E-state index contributed by atoms with van der Waals surface area (Å²) in [6, 6.07) is 9.94. The van der Waals surface area contributed by atoms with Gasteiger partial charge in [0.2, 0.25) is 0 Å². The highest BCUT2D eigenvalue weighted by Crippen LogP contribution is 2.24. The van der Waals surface area contributed by atoms with Gasteiger partial charge in [0.1, 0.15) is 11.1 Å². The van der Waals surface area contributed by atoms with E-state index in [9.17, 15) is 0 Å². The number of rotatable bonds is 4. The minimum atomic E-state index is 0.0322. The summed E-state index contributed by atoms with van der Waals surface area (Å²) < 4.78 is 7.62. The van der Waals surface area contributed by atoms with Gasteiger partial charge in [0.15, 0.2) is 5.82 Å². The molecule has 0 unspecified atom stereocenters. The number of hydrogen-bond donors (Lipinski definition) is 0. The van der Waals surface area contributed by atoms with Gasteiger partial charge >= 0.3 is 0 Å². The first-order valence-electron chi connectivity index (χ1n) is 7.46. The number of tetrazole rings is 1. The van der Waals surface area contributed by atoms with Gasteiger partial charge < -0.3 is 4.74 Å². The van der Waals surface area contributed by atoms with Gasteiger partial charge in [0.05, 0.1) is 18.8 Å². The molecule has 1 aliphatic heterocycles. The van der Waals surface area contributed by atoms with Crippen molar-refractivity contribution in [2.75, 3.05) is 19.7 Å². The van der Waals surface area contributed by atoms with Crippen LogP contribution in [0.2, 0.25) is 0 Å². The third-order valence-electron chi connectivity index (χ3n) is 3.78. The molecule has 0 N–H and O–H groups in total. The van der Waals surface area contributed by atoms with Crippen LogP contribution in [-0.2, 0) is 11.3 Å². The molecular weight excluding hydrogens is 312 g/mol. The van der Waals surface area contributed by atoms with Gasteiger partial charge in [-0.25, -0.2) is 4.98 Å². The van der Waals surface area contributed by atoms with Crippen LogP contribution in [0.1, 0.15) is 16.9 Å². The molecule has 1 fully saturated rings. The summed E-state index contributed by atoms with van der Waals surface area (Å²) in [5.74, 6) is 0.830. The number of nitrogens with zero attached hydrogens (tertiary/aromatic N) is 6. The summed E-state index contributed by atoms with van der Waals surface area (Å²) >= 11 is 1.63. The van der Waals surface area contributed by atoms with E-state index in [1.54, 1.807) is 16.0 Å². The second kappa shape index (κ2) is 6.53. The fraction of sp³-hybridized carbons (Fsp3) is 0.333. The Morgan fingerprint density at radius 2 is 2.17 bits per heavy atom. The maximum Gasteiger partial charge on any atom is 0.170 e. The second-order valence-corrected chi connectivity index (χ2v) is 6.23. The zero-order valence-electron chi connectivity index (χ0n) is 12.4. The van der Waals surface area contributed by atoms with E-state index in [0.717, 1.165) is 29.6 Å². The average molecular weight is 328 g/mol. The predicted molar refractivity (Wildman–Crippen MR) is 85.2 cm³/mol. The van der Waals surface area contributed by atoms with Crippen LogP contribution in [0.5, 0.6) is 0 Å². The van der Waals surface area contributed by atoms with Crippen molar-refractivity contribution in [3.05, 3.63) is 52.7 Å². The molecule has 0 aliphatic carbocycles. The topological polar surface area (TPSA) is 69.0 Å². The Hall–Kier alpha value is -2.16. The maximum atomic E-state index is 5.83. The van der Waals surface area contributed by atoms with E-state index < -0.39 is 0 Å². The zero-order valence-corrected chi connectivity index (χ0v) is 13.3. The molecule has 0 radical (unpaired) electrons. The van der Waals surface area contributed by atoms with Crippen molar-refractivity contribution in [3.8, 4) is 5.69 Å². The Morgan fingerprint density at radius 3 is 3.00 bits per heavy atom. The van der Waals surface area contributed by atoms with Gasteiger partial charge in [0, 0.05) is 24.7 Å². The Kier molecular flexibility index (Phi) is 4.10. The van der Waals surface area contributed by atoms with E-state index in [1.807, 2.05) is 41.9 Å². The number of morpholine rings is 1. The number of benzene rings is 1. The van der Waals surface area contributed by atoms with Crippen LogP contribution in [0.25, 0.3) is 5.69 Å². The monoisotopic (exact) mass is 328 g/mol. The Labute approximate surface area is 137 Å². The van der Waals surface area contributed by atoms with Gasteiger partial charge in [0.25, 0.3) is 0 Å². The van der Waals surface area contributed by atoms with E-state index in [-0.39, 0.29) is 6.10 Å². The number of hydrogen-bond acceptors (Lipinski definition) is 7. The van der Waals surface area contributed by atoms with Gasteiger partial charge in [-0.05, 0) is 22.6 Å². The van der Waals surface area contributed by atoms with Crippen LogP contribution in [0.3, 0.4) is 0 Å². The Morgan fingerprint density at radius 1 is 1.26 bits per heavy atom. The van der Waals surface area contributed by atoms with Crippen LogP contribution < -0.4 is 0 Å². The predicted octanol–water partition coefficient (Wildman–Crippen LogP) is 1.69. The van der Waals surface area contributed by atoms with Crippen molar-refractivity contribution in [1.29, 1.82) is 0 Å². The highest BCUT2D eigenvalue weighted by molar-refractivity contribution is 7.09. The molecular formula is C15H16N6OS. The smallest absolute Gasteiger partial charge is 0.170 e. The molecule has 23 heavy (non-hydrogen) atoms. The summed E-state index contributed by atoms with van der Waals surface area (Å²) in [4.78, 5) is 6.66. The molecule has 1 atom stereocenters. The van der Waals surface area contributed by atoms with Crippen LogP contribution in [0.4, 0.5) is 0 Å². The number of para-hydroxylation sites is 1. The molecule has 0 bridgehead atoms. The molecule has 0 amide bonds. The molecule has 4 rings (SSSR count). The summed E-state index contributed by atoms with van der Waals surface area (Å²) in [6.07, 6.45) is 1.85. The lowest BCUT2D eigenvalue weighted by molar-refractivity contribution is -0.0339. The van der Waals surface area contributed by atoms with Crippen molar-refractivity contribution in [3.63, 3.8) is 0 Å². The molecule has 3 aromatic rings. The van der Waals surface area contributed by atoms with E-state index in [2.05, 4.69) is 25.4 Å². The molecule has 1 aliphatic rings. The van der Waals surface area contributed by atoms with Crippen LogP contribution >= 0.6 is 11.3 Å². The summed E-state index contributed by atoms with van der Waals surface area (Å²) in [6.45, 7) is 3.04. The lowest BCUT2D eigenvalue weighted by Gasteiger charge is -2.31. The normalized spacial score (nSPS) is 19.0. The van der Waals surface area contributed by atoms with Crippen molar-refractivity contribution in [1.82, 2.24) is 30.1 Å². The first kappa shape index (κ1) is 14.4. The largest absolute Gasteiger partial charge is 0.368 e. The summed E-state index contributed by atoms with van der Waals surface area (Å²) in [5, 5.41) is 15.1. The van der Waals surface area contributed by atoms with E-state index in [0.29, 0.717) is 13.2 Å². The zero-order chi connectivity index (χ0) is 15.5. The maximum absolute atomic E-state index is 5.83. The van der Waals surface area contributed by atoms with Crippen LogP contribution in [0.15, 0.2) is 41.9 Å². The van der Waals surface area contributed by atoms with Gasteiger partial charge in [-0.2, -0.15) is 4.68 Å². The molecule has 8 heteroatoms. The minimum absolute atomic E-state index is 0.0322. The lowest BCUT2D eigenvalue weighted by Crippen LogP contribution is -2.38. The molecule has 7 nitrogen and oxygen atoms in total. The molecule has 3 heterocycles. The first-order chi connectivity index (χ1) is 11.4. The third kappa shape index (κ3) is 3.14. The summed E-state index contributed by atoms with van der Waals surface area (Å²) in [5.41, 5.74) is 0.970. The summed E-state index contributed by atoms with van der Waals surface area (Å²) in [7, 11) is 0. The standard InChI is InChI=1S/C15H16N6OS/c1-2-4-12(5-3-1)21-14(17-18-19-21)11-20-7-8-22-13(10-20)15-16-6-9-23-15/h1-6,9,13H,7-8,10-11H2/t13-/m1/s1. The van der Waals surface area contributed by atoms with Crippen molar-refractivity contribution < 1.29 is 4.74 Å². The highest BCUT2D eigenvalue weighted by atomic mass is 32.1. The molecule has 2 aromatic heterocycles. The Bertz CT molecular complexity index is 744. The van der Waals surface area contributed by atoms with E-state index in [1.165, 1.54) is 0 Å². The molecule has 1 aromatic carbocycles. The van der Waals surface area contributed by atoms with Crippen molar-refractivity contribution >= 4 is 11.3 Å². The van der Waals surface area contributed by atoms with Gasteiger partial charge in [-0.15, -0.1) is 16.4 Å². The van der Waals surface area contributed by atoms with Crippen molar-refractivity contribution in [2.45, 2.75) is 12.6 Å². The lowest BCUT2D eigenvalue weighted by atomic mass is 10.2. The minimum Gasteiger partial charge on any atom is -0.368 e. The first-order valence-corrected chi connectivity index (χ1v) is 8.34. The number of aromatic nitrogens is 5. The molecule has 118 valence electrons. The number of thiazole rings is 1. The average Bonchev–Trinajstić information content (AvgIpc) is 3.28. The fourth-order valence-electron chi connectivity index (χ4n) is 2.66. The Balaban J connectivity index is 1.49. The quantitative estimate of drug-likeness (QED) is 0.726. The van der Waals surface area contributed by atoms with Crippen LogP contribution in [0, 0.1) is 0 Å². The SMILES string of the molecule is c1ccc(-n2nnnc2CN2CCO[C@@H](c3nccs3)C2)cc1. The molecule has 1 saturated heterocycles. The van der Waals surface area contributed by atoms with Gasteiger partial charge in [-0.1, -0.05) is 18.2 Å². The fourth-order valence-corrected chi connectivity index (χ4v) is 3.34. The molecule has 0 spiro atoms. The van der Waals surface area contributed by atoms with Crippen molar-refractivity contribution in [2.24, 2.45) is 0 Å². The van der Waals surface area contributed by atoms with Gasteiger partial charge in [-0.3, -0.25) is 4.90 Å². The van der Waals surface area contributed by atoms with Crippen LogP contribution in [-0.4, -0.2) is 49.8 Å². The molecule has 0 saturated carbocycles. The highest BCUT2D eigenvalue weighted by Gasteiger charge is 2.25.